The second kappa shape index (κ2) is 6.49. The summed E-state index contributed by atoms with van der Waals surface area (Å²) in [6.07, 6.45) is 5.62. The van der Waals surface area contributed by atoms with E-state index in [2.05, 4.69) is 6.58 Å². The number of amides is 1. The van der Waals surface area contributed by atoms with E-state index in [1.807, 2.05) is 49.9 Å². The second-order valence-electron chi connectivity index (χ2n) is 8.39. The highest BCUT2D eigenvalue weighted by molar-refractivity contribution is 5.69. The molecule has 2 aliphatic rings. The van der Waals surface area contributed by atoms with Gasteiger partial charge in [0.05, 0.1) is 5.60 Å². The van der Waals surface area contributed by atoms with Crippen LogP contribution in [0.2, 0.25) is 0 Å². The topological polar surface area (TPSA) is 49.8 Å². The third-order valence-electron chi connectivity index (χ3n) is 5.30. The maximum Gasteiger partial charge on any atom is 0.410 e. The van der Waals surface area contributed by atoms with E-state index in [0.29, 0.717) is 12.8 Å². The first-order chi connectivity index (χ1) is 11.7. The normalized spacial score (nSPS) is 29.2. The van der Waals surface area contributed by atoms with Crippen LogP contribution in [0.15, 0.2) is 30.8 Å². The Kier molecular flexibility index (Phi) is 4.67. The van der Waals surface area contributed by atoms with E-state index in [4.69, 9.17) is 4.74 Å². The maximum absolute atomic E-state index is 12.7. The minimum Gasteiger partial charge on any atom is -0.444 e. The van der Waals surface area contributed by atoms with Crippen LogP contribution in [0.3, 0.4) is 0 Å². The molecule has 4 heteroatoms. The van der Waals surface area contributed by atoms with Crippen molar-refractivity contribution in [1.29, 1.82) is 0 Å². The minimum atomic E-state index is -0.881. The van der Waals surface area contributed by atoms with Crippen LogP contribution >= 0.6 is 0 Å². The van der Waals surface area contributed by atoms with Gasteiger partial charge in [0, 0.05) is 24.9 Å². The monoisotopic (exact) mass is 343 g/mol. The van der Waals surface area contributed by atoms with Crippen LogP contribution in [-0.4, -0.2) is 33.8 Å². The van der Waals surface area contributed by atoms with Crippen LogP contribution in [0.1, 0.15) is 64.0 Å². The summed E-state index contributed by atoms with van der Waals surface area (Å²) >= 11 is 0. The summed E-state index contributed by atoms with van der Waals surface area (Å²) in [6.45, 7) is 9.45. The van der Waals surface area contributed by atoms with Crippen molar-refractivity contribution in [2.24, 2.45) is 0 Å². The number of benzene rings is 1. The fraction of sp³-hybridized carbons (Fsp3) is 0.571. The van der Waals surface area contributed by atoms with Crippen LogP contribution in [-0.2, 0) is 10.3 Å². The molecular formula is C21H29NO3. The average Bonchev–Trinajstić information content (AvgIpc) is 2.52. The predicted octanol–water partition coefficient (Wildman–Crippen LogP) is 4.47. The molecule has 2 unspecified atom stereocenters. The first kappa shape index (κ1) is 18.0. The summed E-state index contributed by atoms with van der Waals surface area (Å²) in [7, 11) is 0. The molecule has 1 N–H and O–H groups in total. The number of hydrogen-bond acceptors (Lipinski definition) is 3. The van der Waals surface area contributed by atoms with Crippen LogP contribution in [0.5, 0.6) is 0 Å². The van der Waals surface area contributed by atoms with Gasteiger partial charge in [0.2, 0.25) is 0 Å². The Labute approximate surface area is 150 Å². The zero-order chi connectivity index (χ0) is 18.2. The van der Waals surface area contributed by atoms with E-state index < -0.39 is 11.2 Å². The lowest BCUT2D eigenvalue weighted by atomic mass is 9.72. The molecule has 0 saturated carbocycles. The quantitative estimate of drug-likeness (QED) is 0.862. The predicted molar refractivity (Wildman–Crippen MR) is 99.2 cm³/mol. The molecule has 0 radical (unpaired) electrons. The molecule has 1 aromatic carbocycles. The smallest absolute Gasteiger partial charge is 0.410 e. The standard InChI is InChI=1S/C21H29NO3/c1-5-15-9-11-16(12-10-15)21(24)13-17-7-6-8-18(14-21)22(17)19(23)25-20(2,3)4/h5,9-12,17-18,24H,1,6-8,13-14H2,2-4H3. The number of carbonyl (C=O) groups is 1. The molecule has 0 aliphatic carbocycles. The summed E-state index contributed by atoms with van der Waals surface area (Å²) in [4.78, 5) is 14.6. The summed E-state index contributed by atoms with van der Waals surface area (Å²) in [6, 6.07) is 8.00. The van der Waals surface area contributed by atoms with Gasteiger partial charge in [-0.15, -0.1) is 0 Å². The number of aliphatic hydroxyl groups is 1. The third-order valence-corrected chi connectivity index (χ3v) is 5.30. The Bertz CT molecular complexity index is 630. The van der Waals surface area contributed by atoms with E-state index in [9.17, 15) is 9.90 Å². The molecule has 0 aromatic heterocycles. The van der Waals surface area contributed by atoms with Gasteiger partial charge in [0.15, 0.2) is 0 Å². The van der Waals surface area contributed by atoms with Crippen molar-refractivity contribution >= 4 is 12.2 Å². The molecule has 2 fully saturated rings. The van der Waals surface area contributed by atoms with E-state index in [0.717, 1.165) is 30.4 Å². The molecule has 25 heavy (non-hydrogen) atoms. The third kappa shape index (κ3) is 3.74. The van der Waals surface area contributed by atoms with Crippen molar-refractivity contribution in [1.82, 2.24) is 4.90 Å². The lowest BCUT2D eigenvalue weighted by Crippen LogP contribution is -2.59. The number of fused-ring (bicyclic) bond motifs is 2. The van der Waals surface area contributed by atoms with Gasteiger partial charge in [0.25, 0.3) is 0 Å². The fourth-order valence-corrected chi connectivity index (χ4v) is 4.21. The largest absolute Gasteiger partial charge is 0.444 e. The lowest BCUT2D eigenvalue weighted by molar-refractivity contribution is -0.0965. The van der Waals surface area contributed by atoms with Crippen molar-refractivity contribution in [3.05, 3.63) is 42.0 Å². The summed E-state index contributed by atoms with van der Waals surface area (Å²) in [5.41, 5.74) is 0.589. The number of carbonyl (C=O) groups excluding carboxylic acids is 1. The number of hydrogen-bond donors (Lipinski definition) is 1. The Hall–Kier alpha value is -1.81. The summed E-state index contributed by atoms with van der Waals surface area (Å²) in [5.74, 6) is 0. The Balaban J connectivity index is 1.82. The van der Waals surface area contributed by atoms with Crippen LogP contribution < -0.4 is 0 Å². The molecule has 3 rings (SSSR count). The van der Waals surface area contributed by atoms with Crippen LogP contribution in [0.4, 0.5) is 4.79 Å². The van der Waals surface area contributed by atoms with Crippen molar-refractivity contribution in [2.45, 2.75) is 76.2 Å². The van der Waals surface area contributed by atoms with E-state index in [1.165, 1.54) is 0 Å². The molecule has 2 bridgehead atoms. The molecule has 2 heterocycles. The van der Waals surface area contributed by atoms with Gasteiger partial charge in [-0.2, -0.15) is 0 Å². The maximum atomic E-state index is 12.7. The highest BCUT2D eigenvalue weighted by Gasteiger charge is 2.49. The molecule has 4 nitrogen and oxygen atoms in total. The van der Waals surface area contributed by atoms with Crippen molar-refractivity contribution < 1.29 is 14.6 Å². The second-order valence-corrected chi connectivity index (χ2v) is 8.39. The molecule has 2 saturated heterocycles. The highest BCUT2D eigenvalue weighted by Crippen LogP contribution is 2.44. The van der Waals surface area contributed by atoms with Crippen molar-refractivity contribution in [3.63, 3.8) is 0 Å². The number of ether oxygens (including phenoxy) is 1. The molecule has 1 amide bonds. The SMILES string of the molecule is C=Cc1ccc(C2(O)CC3CCCC(C2)N3C(=O)OC(C)(C)C)cc1. The van der Waals surface area contributed by atoms with Crippen LogP contribution in [0.25, 0.3) is 6.08 Å². The van der Waals surface area contributed by atoms with Gasteiger partial charge in [-0.05, 0) is 51.2 Å². The van der Waals surface area contributed by atoms with Crippen molar-refractivity contribution in [3.8, 4) is 0 Å². The molecule has 1 aromatic rings. The summed E-state index contributed by atoms with van der Waals surface area (Å²) < 4.78 is 5.61. The number of nitrogens with zero attached hydrogens (tertiary/aromatic N) is 1. The highest BCUT2D eigenvalue weighted by atomic mass is 16.6. The zero-order valence-electron chi connectivity index (χ0n) is 15.5. The molecular weight excluding hydrogens is 314 g/mol. The Morgan fingerprint density at radius 2 is 1.80 bits per heavy atom. The van der Waals surface area contributed by atoms with Gasteiger partial charge < -0.3 is 14.7 Å². The first-order valence-electron chi connectivity index (χ1n) is 9.18. The first-order valence-corrected chi connectivity index (χ1v) is 9.18. The van der Waals surface area contributed by atoms with Gasteiger partial charge in [0.1, 0.15) is 5.60 Å². The van der Waals surface area contributed by atoms with Crippen molar-refractivity contribution in [2.75, 3.05) is 0 Å². The van der Waals surface area contributed by atoms with Gasteiger partial charge in [-0.3, -0.25) is 0 Å². The van der Waals surface area contributed by atoms with Crippen LogP contribution in [0, 0.1) is 0 Å². The van der Waals surface area contributed by atoms with E-state index in [1.54, 1.807) is 6.08 Å². The zero-order valence-corrected chi connectivity index (χ0v) is 15.5. The van der Waals surface area contributed by atoms with Gasteiger partial charge in [-0.25, -0.2) is 4.79 Å². The average molecular weight is 343 g/mol. The minimum absolute atomic E-state index is 0.0337. The number of piperidine rings is 2. The Morgan fingerprint density at radius 3 is 2.28 bits per heavy atom. The fourth-order valence-electron chi connectivity index (χ4n) is 4.21. The molecule has 2 atom stereocenters. The lowest BCUT2D eigenvalue weighted by Gasteiger charge is -2.51. The van der Waals surface area contributed by atoms with E-state index in [-0.39, 0.29) is 18.2 Å². The number of rotatable bonds is 2. The van der Waals surface area contributed by atoms with Gasteiger partial charge >= 0.3 is 6.09 Å². The summed E-state index contributed by atoms with van der Waals surface area (Å²) in [5, 5.41) is 11.3. The Morgan fingerprint density at radius 1 is 1.24 bits per heavy atom. The van der Waals surface area contributed by atoms with E-state index >= 15 is 0 Å². The molecule has 2 aliphatic heterocycles. The molecule has 0 spiro atoms. The van der Waals surface area contributed by atoms with Gasteiger partial charge in [-0.1, -0.05) is 36.9 Å². The molecule has 136 valence electrons.